The predicted octanol–water partition coefficient (Wildman–Crippen LogP) is 2.89. The van der Waals surface area contributed by atoms with Gasteiger partial charge in [0.2, 0.25) is 0 Å². The summed E-state index contributed by atoms with van der Waals surface area (Å²) in [4.78, 5) is 4.19. The van der Waals surface area contributed by atoms with E-state index in [0.717, 1.165) is 23.3 Å². The number of hydrogen-bond acceptors (Lipinski definition) is 3. The zero-order chi connectivity index (χ0) is 11.3. The maximum atomic E-state index is 6.01. The molecule has 0 radical (unpaired) electrons. The van der Waals surface area contributed by atoms with Crippen molar-refractivity contribution in [2.24, 2.45) is 11.7 Å². The zero-order valence-electron chi connectivity index (χ0n) is 8.63. The molecule has 0 spiro atoms. The number of rotatable bonds is 5. The van der Waals surface area contributed by atoms with Crippen LogP contribution in [0, 0.1) is 5.92 Å². The van der Waals surface area contributed by atoms with E-state index >= 15 is 0 Å². The normalized spacial score (nSPS) is 12.5. The molecule has 0 fully saturated rings. The number of anilines is 1. The third-order valence-electron chi connectivity index (χ3n) is 2.09. The molecule has 0 saturated carbocycles. The molecule has 1 heterocycles. The minimum absolute atomic E-state index is 0.525. The molecule has 1 unspecified atom stereocenters. The van der Waals surface area contributed by atoms with Gasteiger partial charge in [0.1, 0.15) is 5.82 Å². The lowest BCUT2D eigenvalue weighted by Gasteiger charge is -2.12. The Balaban J connectivity index is 2.50. The molecule has 0 aromatic carbocycles. The fraction of sp³-hybridized carbons (Fsp3) is 0.500. The fourth-order valence-electron chi connectivity index (χ4n) is 1.20. The molecule has 1 aromatic heterocycles. The Labute approximate surface area is 104 Å². The number of nitrogens with zero attached hydrogens (tertiary/aromatic N) is 1. The van der Waals surface area contributed by atoms with Crippen LogP contribution in [0.2, 0.25) is 5.02 Å². The van der Waals surface area contributed by atoms with E-state index in [4.69, 9.17) is 17.3 Å². The Morgan fingerprint density at radius 3 is 3.00 bits per heavy atom. The molecule has 3 N–H and O–H groups in total. The molecular weight excluding hydrogens is 277 g/mol. The van der Waals surface area contributed by atoms with Gasteiger partial charge in [-0.2, -0.15) is 0 Å². The lowest BCUT2D eigenvalue weighted by molar-refractivity contribution is 0.567. The van der Waals surface area contributed by atoms with Gasteiger partial charge in [0.15, 0.2) is 0 Å². The van der Waals surface area contributed by atoms with E-state index < -0.39 is 0 Å². The third-order valence-corrected chi connectivity index (χ3v) is 2.81. The summed E-state index contributed by atoms with van der Waals surface area (Å²) in [7, 11) is 0. The van der Waals surface area contributed by atoms with Crippen LogP contribution in [0.25, 0.3) is 0 Å². The highest BCUT2D eigenvalue weighted by Gasteiger charge is 2.04. The molecule has 0 saturated heterocycles. The van der Waals surface area contributed by atoms with Crippen LogP contribution in [0.4, 0.5) is 5.82 Å². The maximum Gasteiger partial charge on any atom is 0.144 e. The van der Waals surface area contributed by atoms with E-state index in [0.29, 0.717) is 17.5 Å². The summed E-state index contributed by atoms with van der Waals surface area (Å²) in [5, 5.41) is 3.83. The van der Waals surface area contributed by atoms with Crippen LogP contribution in [0.3, 0.4) is 0 Å². The predicted molar refractivity (Wildman–Crippen MR) is 68.3 cm³/mol. The van der Waals surface area contributed by atoms with E-state index in [1.165, 1.54) is 0 Å². The first-order valence-electron chi connectivity index (χ1n) is 4.88. The van der Waals surface area contributed by atoms with Crippen LogP contribution in [-0.4, -0.2) is 18.1 Å². The van der Waals surface area contributed by atoms with Crippen molar-refractivity contribution in [3.05, 3.63) is 21.8 Å². The molecule has 15 heavy (non-hydrogen) atoms. The number of pyridine rings is 1. The minimum atomic E-state index is 0.525. The highest BCUT2D eigenvalue weighted by molar-refractivity contribution is 9.10. The molecule has 1 atom stereocenters. The van der Waals surface area contributed by atoms with Gasteiger partial charge in [-0.1, -0.05) is 18.5 Å². The second kappa shape index (κ2) is 6.30. The van der Waals surface area contributed by atoms with Gasteiger partial charge in [-0.05, 0) is 40.9 Å². The lowest BCUT2D eigenvalue weighted by atomic mass is 10.1. The Morgan fingerprint density at radius 2 is 2.40 bits per heavy atom. The van der Waals surface area contributed by atoms with Gasteiger partial charge < -0.3 is 11.1 Å². The molecule has 0 aliphatic rings. The number of nitrogens with one attached hydrogen (secondary N) is 1. The highest BCUT2D eigenvalue weighted by Crippen LogP contribution is 2.22. The lowest BCUT2D eigenvalue weighted by Crippen LogP contribution is -2.15. The molecular formula is C10H15BrClN3. The third kappa shape index (κ3) is 4.36. The van der Waals surface area contributed by atoms with Gasteiger partial charge in [0.25, 0.3) is 0 Å². The molecule has 0 bridgehead atoms. The van der Waals surface area contributed by atoms with Crippen LogP contribution in [-0.2, 0) is 0 Å². The van der Waals surface area contributed by atoms with Crippen molar-refractivity contribution in [2.75, 3.05) is 18.4 Å². The molecule has 1 rings (SSSR count). The van der Waals surface area contributed by atoms with Crippen molar-refractivity contribution in [1.82, 2.24) is 4.98 Å². The monoisotopic (exact) mass is 291 g/mol. The summed E-state index contributed by atoms with van der Waals surface area (Å²) in [5.74, 6) is 1.25. The van der Waals surface area contributed by atoms with Crippen LogP contribution in [0.15, 0.2) is 16.7 Å². The van der Waals surface area contributed by atoms with Gasteiger partial charge in [-0.3, -0.25) is 0 Å². The van der Waals surface area contributed by atoms with Gasteiger partial charge in [-0.15, -0.1) is 0 Å². The maximum absolute atomic E-state index is 6.01. The molecule has 84 valence electrons. The van der Waals surface area contributed by atoms with Crippen molar-refractivity contribution in [2.45, 2.75) is 13.3 Å². The molecule has 5 heteroatoms. The second-order valence-corrected chi connectivity index (χ2v) is 4.87. The smallest absolute Gasteiger partial charge is 0.144 e. The van der Waals surface area contributed by atoms with Gasteiger partial charge in [-0.25, -0.2) is 4.98 Å². The average Bonchev–Trinajstić information content (AvgIpc) is 2.17. The molecule has 1 aromatic rings. The largest absolute Gasteiger partial charge is 0.369 e. The quantitative estimate of drug-likeness (QED) is 0.877. The zero-order valence-corrected chi connectivity index (χ0v) is 11.0. The Morgan fingerprint density at radius 1 is 1.67 bits per heavy atom. The Hall–Kier alpha value is -0.320. The van der Waals surface area contributed by atoms with E-state index in [-0.39, 0.29) is 0 Å². The number of halogens is 2. The van der Waals surface area contributed by atoms with Crippen molar-refractivity contribution in [3.63, 3.8) is 0 Å². The number of hydrogen-bond donors (Lipinski definition) is 2. The van der Waals surface area contributed by atoms with Gasteiger partial charge in [0.05, 0.1) is 5.02 Å². The first-order chi connectivity index (χ1) is 7.13. The average molecular weight is 293 g/mol. The summed E-state index contributed by atoms with van der Waals surface area (Å²) in [6, 6.07) is 1.82. The first kappa shape index (κ1) is 12.7. The Bertz CT molecular complexity index is 320. The minimum Gasteiger partial charge on any atom is -0.369 e. The molecule has 0 aliphatic carbocycles. The summed E-state index contributed by atoms with van der Waals surface area (Å²) >= 11 is 9.32. The molecule has 0 aliphatic heterocycles. The van der Waals surface area contributed by atoms with Gasteiger partial charge in [0, 0.05) is 17.2 Å². The van der Waals surface area contributed by atoms with Crippen molar-refractivity contribution >= 4 is 33.3 Å². The van der Waals surface area contributed by atoms with Crippen molar-refractivity contribution in [1.29, 1.82) is 0 Å². The van der Waals surface area contributed by atoms with E-state index in [9.17, 15) is 0 Å². The van der Waals surface area contributed by atoms with E-state index in [2.05, 4.69) is 33.2 Å². The summed E-state index contributed by atoms with van der Waals surface area (Å²) in [5.41, 5.74) is 5.47. The second-order valence-electron chi connectivity index (χ2n) is 3.55. The highest BCUT2D eigenvalue weighted by atomic mass is 79.9. The number of nitrogens with two attached hydrogens (primary N) is 1. The van der Waals surface area contributed by atoms with E-state index in [1.807, 2.05) is 6.07 Å². The topological polar surface area (TPSA) is 50.9 Å². The fourth-order valence-corrected chi connectivity index (χ4v) is 1.90. The van der Waals surface area contributed by atoms with Crippen molar-refractivity contribution < 1.29 is 0 Å². The van der Waals surface area contributed by atoms with Gasteiger partial charge >= 0.3 is 0 Å². The SMILES string of the molecule is CC(CCN)CNc1ncc(Br)cc1Cl. The van der Waals surface area contributed by atoms with Crippen LogP contribution >= 0.6 is 27.5 Å². The Kier molecular flexibility index (Phi) is 5.36. The molecule has 0 amide bonds. The summed E-state index contributed by atoms with van der Waals surface area (Å²) in [6.07, 6.45) is 2.73. The first-order valence-corrected chi connectivity index (χ1v) is 6.05. The summed E-state index contributed by atoms with van der Waals surface area (Å²) < 4.78 is 0.882. The number of aromatic nitrogens is 1. The standard InChI is InChI=1S/C10H15BrClN3/c1-7(2-3-13)5-14-10-9(12)4-8(11)6-15-10/h4,6-7H,2-3,5,13H2,1H3,(H,14,15). The van der Waals surface area contributed by atoms with Crippen LogP contribution < -0.4 is 11.1 Å². The molecule has 3 nitrogen and oxygen atoms in total. The summed E-state index contributed by atoms with van der Waals surface area (Å²) in [6.45, 7) is 3.70. The van der Waals surface area contributed by atoms with E-state index in [1.54, 1.807) is 6.20 Å². The van der Waals surface area contributed by atoms with Crippen LogP contribution in [0.1, 0.15) is 13.3 Å². The van der Waals surface area contributed by atoms with Crippen molar-refractivity contribution in [3.8, 4) is 0 Å². The van der Waals surface area contributed by atoms with Crippen LogP contribution in [0.5, 0.6) is 0 Å².